The SMILES string of the molecule is CC1(NCc2cc(F)cc(C(F)(F)F)c2)CCCC1. The number of rotatable bonds is 3. The Balaban J connectivity index is 2.10. The quantitative estimate of drug-likeness (QED) is 0.812. The molecule has 0 aromatic heterocycles. The second-order valence-corrected chi connectivity index (χ2v) is 5.47. The Morgan fingerprint density at radius 3 is 2.37 bits per heavy atom. The van der Waals surface area contributed by atoms with E-state index in [4.69, 9.17) is 0 Å². The molecule has 0 heterocycles. The molecule has 1 aromatic carbocycles. The molecule has 1 saturated carbocycles. The molecule has 1 N–H and O–H groups in total. The van der Waals surface area contributed by atoms with Gasteiger partial charge in [-0.3, -0.25) is 0 Å². The molecule has 0 unspecified atom stereocenters. The van der Waals surface area contributed by atoms with E-state index in [-0.39, 0.29) is 12.1 Å². The van der Waals surface area contributed by atoms with Gasteiger partial charge in [0.25, 0.3) is 0 Å². The highest BCUT2D eigenvalue weighted by molar-refractivity contribution is 5.27. The summed E-state index contributed by atoms with van der Waals surface area (Å²) in [6, 6.07) is 2.69. The van der Waals surface area contributed by atoms with Gasteiger partial charge in [-0.15, -0.1) is 0 Å². The van der Waals surface area contributed by atoms with Crippen LogP contribution in [0.3, 0.4) is 0 Å². The minimum Gasteiger partial charge on any atom is -0.307 e. The lowest BCUT2D eigenvalue weighted by Crippen LogP contribution is -2.38. The third kappa shape index (κ3) is 3.69. The summed E-state index contributed by atoms with van der Waals surface area (Å²) in [6.45, 7) is 2.32. The molecule has 106 valence electrons. The Kier molecular flexibility index (Phi) is 3.85. The highest BCUT2D eigenvalue weighted by atomic mass is 19.4. The summed E-state index contributed by atoms with van der Waals surface area (Å²) in [5.41, 5.74) is -0.633. The predicted octanol–water partition coefficient (Wildman–Crippen LogP) is 4.27. The first-order valence-electron chi connectivity index (χ1n) is 6.40. The Morgan fingerprint density at radius 1 is 1.16 bits per heavy atom. The molecule has 2 rings (SSSR count). The van der Waals surface area contributed by atoms with E-state index in [0.717, 1.165) is 37.8 Å². The van der Waals surface area contributed by atoms with Gasteiger partial charge in [-0.2, -0.15) is 13.2 Å². The van der Waals surface area contributed by atoms with Crippen LogP contribution in [0.5, 0.6) is 0 Å². The van der Waals surface area contributed by atoms with E-state index in [1.54, 1.807) is 0 Å². The molecule has 0 amide bonds. The molecule has 1 fully saturated rings. The average Bonchev–Trinajstić information content (AvgIpc) is 2.72. The third-order valence-electron chi connectivity index (χ3n) is 3.71. The molecule has 0 atom stereocenters. The van der Waals surface area contributed by atoms with Crippen LogP contribution in [0.4, 0.5) is 17.6 Å². The minimum absolute atomic E-state index is 0.0370. The molecule has 0 spiro atoms. The maximum absolute atomic E-state index is 13.2. The zero-order valence-corrected chi connectivity index (χ0v) is 10.8. The summed E-state index contributed by atoms with van der Waals surface area (Å²) in [5, 5.41) is 3.25. The van der Waals surface area contributed by atoms with Crippen molar-refractivity contribution >= 4 is 0 Å². The van der Waals surface area contributed by atoms with Crippen LogP contribution >= 0.6 is 0 Å². The summed E-state index contributed by atoms with van der Waals surface area (Å²) in [4.78, 5) is 0. The van der Waals surface area contributed by atoms with E-state index in [1.165, 1.54) is 0 Å². The molecule has 1 aromatic rings. The lowest BCUT2D eigenvalue weighted by atomic mass is 10.00. The third-order valence-corrected chi connectivity index (χ3v) is 3.71. The van der Waals surface area contributed by atoms with Gasteiger partial charge in [-0.05, 0) is 43.5 Å². The fourth-order valence-electron chi connectivity index (χ4n) is 2.56. The molecule has 0 bridgehead atoms. The van der Waals surface area contributed by atoms with Gasteiger partial charge >= 0.3 is 6.18 Å². The van der Waals surface area contributed by atoms with Crippen molar-refractivity contribution in [1.29, 1.82) is 0 Å². The van der Waals surface area contributed by atoms with Crippen LogP contribution in [0.1, 0.15) is 43.7 Å². The number of hydrogen-bond acceptors (Lipinski definition) is 1. The fourth-order valence-corrected chi connectivity index (χ4v) is 2.56. The minimum atomic E-state index is -4.51. The van der Waals surface area contributed by atoms with Gasteiger partial charge in [0.05, 0.1) is 5.56 Å². The molecular formula is C14H17F4N. The summed E-state index contributed by atoms with van der Waals surface area (Å²) in [5.74, 6) is -0.844. The van der Waals surface area contributed by atoms with Crippen LogP contribution in [0.25, 0.3) is 0 Å². The van der Waals surface area contributed by atoms with Crippen molar-refractivity contribution in [1.82, 2.24) is 5.32 Å². The van der Waals surface area contributed by atoms with Crippen LogP contribution in [0.15, 0.2) is 18.2 Å². The Bertz CT molecular complexity index is 447. The predicted molar refractivity (Wildman–Crippen MR) is 65.1 cm³/mol. The van der Waals surface area contributed by atoms with E-state index in [1.807, 2.05) is 0 Å². The maximum Gasteiger partial charge on any atom is 0.416 e. The topological polar surface area (TPSA) is 12.0 Å². The van der Waals surface area contributed by atoms with Crippen LogP contribution in [0, 0.1) is 5.82 Å². The second kappa shape index (κ2) is 5.12. The van der Waals surface area contributed by atoms with Crippen molar-refractivity contribution < 1.29 is 17.6 Å². The zero-order chi connectivity index (χ0) is 14.1. The highest BCUT2D eigenvalue weighted by Crippen LogP contribution is 2.32. The summed E-state index contributed by atoms with van der Waals surface area (Å²) < 4.78 is 51.0. The van der Waals surface area contributed by atoms with Gasteiger partial charge in [-0.1, -0.05) is 12.8 Å². The number of nitrogens with one attached hydrogen (secondary N) is 1. The second-order valence-electron chi connectivity index (χ2n) is 5.47. The molecule has 5 heteroatoms. The Morgan fingerprint density at radius 2 is 1.79 bits per heavy atom. The maximum atomic E-state index is 13.2. The van der Waals surface area contributed by atoms with Crippen LogP contribution in [-0.4, -0.2) is 5.54 Å². The van der Waals surface area contributed by atoms with E-state index in [2.05, 4.69) is 12.2 Å². The van der Waals surface area contributed by atoms with Crippen molar-refractivity contribution in [3.05, 3.63) is 35.1 Å². The van der Waals surface area contributed by atoms with E-state index < -0.39 is 17.6 Å². The van der Waals surface area contributed by atoms with Crippen LogP contribution in [-0.2, 0) is 12.7 Å². The number of halogens is 4. The average molecular weight is 275 g/mol. The molecule has 1 nitrogen and oxygen atoms in total. The summed E-state index contributed by atoms with van der Waals surface area (Å²) >= 11 is 0. The first-order chi connectivity index (χ1) is 8.78. The lowest BCUT2D eigenvalue weighted by molar-refractivity contribution is -0.137. The van der Waals surface area contributed by atoms with Crippen LogP contribution in [0.2, 0.25) is 0 Å². The van der Waals surface area contributed by atoms with E-state index in [9.17, 15) is 17.6 Å². The van der Waals surface area contributed by atoms with Gasteiger partial charge < -0.3 is 5.32 Å². The number of benzene rings is 1. The van der Waals surface area contributed by atoms with Crippen molar-refractivity contribution in [3.63, 3.8) is 0 Å². The normalized spacial score (nSPS) is 18.8. The van der Waals surface area contributed by atoms with Crippen molar-refractivity contribution in [2.45, 2.75) is 50.9 Å². The van der Waals surface area contributed by atoms with Gasteiger partial charge in [0.15, 0.2) is 0 Å². The first-order valence-corrected chi connectivity index (χ1v) is 6.40. The zero-order valence-electron chi connectivity index (χ0n) is 10.8. The Labute approximate surface area is 110 Å². The van der Waals surface area contributed by atoms with Crippen LogP contribution < -0.4 is 5.32 Å². The van der Waals surface area contributed by atoms with Gasteiger partial charge in [-0.25, -0.2) is 4.39 Å². The molecular weight excluding hydrogens is 258 g/mol. The van der Waals surface area contributed by atoms with Crippen molar-refractivity contribution in [2.24, 2.45) is 0 Å². The monoisotopic (exact) mass is 275 g/mol. The molecule has 0 aliphatic heterocycles. The van der Waals surface area contributed by atoms with Gasteiger partial charge in [0.1, 0.15) is 5.82 Å². The highest BCUT2D eigenvalue weighted by Gasteiger charge is 2.32. The summed E-state index contributed by atoms with van der Waals surface area (Å²) in [6.07, 6.45) is -0.238. The first kappa shape index (κ1) is 14.3. The molecule has 19 heavy (non-hydrogen) atoms. The molecule has 1 aliphatic carbocycles. The Hall–Kier alpha value is -1.10. The fraction of sp³-hybridized carbons (Fsp3) is 0.571. The largest absolute Gasteiger partial charge is 0.416 e. The molecule has 0 radical (unpaired) electrons. The van der Waals surface area contributed by atoms with Crippen molar-refractivity contribution in [3.8, 4) is 0 Å². The molecule has 0 saturated heterocycles. The number of alkyl halides is 3. The van der Waals surface area contributed by atoms with Gasteiger partial charge in [0, 0.05) is 12.1 Å². The standard InChI is InChI=1S/C14H17F4N/c1-13(4-2-3-5-13)19-9-10-6-11(14(16,17)18)8-12(15)7-10/h6-8,19H,2-5,9H2,1H3. The van der Waals surface area contributed by atoms with E-state index in [0.29, 0.717) is 11.6 Å². The van der Waals surface area contributed by atoms with E-state index >= 15 is 0 Å². The number of hydrogen-bond donors (Lipinski definition) is 1. The summed E-state index contributed by atoms with van der Waals surface area (Å²) in [7, 11) is 0. The van der Waals surface area contributed by atoms with Crippen molar-refractivity contribution in [2.75, 3.05) is 0 Å². The van der Waals surface area contributed by atoms with Gasteiger partial charge in [0.2, 0.25) is 0 Å². The molecule has 1 aliphatic rings. The lowest BCUT2D eigenvalue weighted by Gasteiger charge is -2.25. The smallest absolute Gasteiger partial charge is 0.307 e.